The van der Waals surface area contributed by atoms with Crippen molar-refractivity contribution in [2.75, 3.05) is 22.9 Å². The van der Waals surface area contributed by atoms with Gasteiger partial charge in [0.2, 0.25) is 0 Å². The van der Waals surface area contributed by atoms with Crippen molar-refractivity contribution in [1.82, 2.24) is 0 Å². The van der Waals surface area contributed by atoms with Crippen molar-refractivity contribution in [1.29, 1.82) is 0 Å². The molecule has 8 nitrogen and oxygen atoms in total. The first-order valence-electron chi connectivity index (χ1n) is 12.1. The van der Waals surface area contributed by atoms with Gasteiger partial charge < -0.3 is 10.0 Å². The van der Waals surface area contributed by atoms with Crippen LogP contribution in [0, 0.1) is 24.0 Å². The van der Waals surface area contributed by atoms with Crippen LogP contribution in [0.15, 0.2) is 72.3 Å². The fourth-order valence-corrected chi connectivity index (χ4v) is 4.86. The molecule has 1 amide bonds. The summed E-state index contributed by atoms with van der Waals surface area (Å²) in [6.45, 7) is 9.62. The van der Waals surface area contributed by atoms with Crippen molar-refractivity contribution < 1.29 is 19.6 Å². The average molecular weight is 500 g/mol. The van der Waals surface area contributed by atoms with E-state index in [1.165, 1.54) is 29.2 Å². The number of rotatable bonds is 7. The van der Waals surface area contributed by atoms with E-state index in [1.807, 2.05) is 56.3 Å². The van der Waals surface area contributed by atoms with E-state index in [2.05, 4.69) is 18.7 Å². The molecule has 1 atom stereocenters. The van der Waals surface area contributed by atoms with Crippen LogP contribution in [0.3, 0.4) is 0 Å². The Bertz CT molecular complexity index is 1370. The lowest BCUT2D eigenvalue weighted by Gasteiger charge is -2.27. The van der Waals surface area contributed by atoms with Gasteiger partial charge in [0, 0.05) is 42.2 Å². The number of aryl methyl sites for hydroxylation is 2. The topological polar surface area (TPSA) is 104 Å². The van der Waals surface area contributed by atoms with Crippen molar-refractivity contribution >= 4 is 34.5 Å². The summed E-state index contributed by atoms with van der Waals surface area (Å²) in [4.78, 5) is 40.9. The summed E-state index contributed by atoms with van der Waals surface area (Å²) in [5, 5.41) is 22.3. The first kappa shape index (κ1) is 25.6. The Morgan fingerprint density at radius 2 is 1.51 bits per heavy atom. The monoisotopic (exact) mass is 499 g/mol. The maximum absolute atomic E-state index is 13.4. The summed E-state index contributed by atoms with van der Waals surface area (Å²) in [6.07, 6.45) is 0. The molecule has 0 aromatic heterocycles. The molecule has 1 saturated heterocycles. The zero-order chi connectivity index (χ0) is 26.9. The predicted octanol–water partition coefficient (Wildman–Crippen LogP) is 5.68. The molecule has 1 unspecified atom stereocenters. The maximum atomic E-state index is 13.4. The minimum Gasteiger partial charge on any atom is -0.507 e. The van der Waals surface area contributed by atoms with Crippen molar-refractivity contribution in [2.45, 2.75) is 33.7 Å². The van der Waals surface area contributed by atoms with Crippen molar-refractivity contribution in [3.8, 4) is 0 Å². The molecule has 0 spiro atoms. The molecule has 190 valence electrons. The Kier molecular flexibility index (Phi) is 7.11. The van der Waals surface area contributed by atoms with Gasteiger partial charge in [0.1, 0.15) is 5.76 Å². The van der Waals surface area contributed by atoms with Crippen molar-refractivity contribution in [3.63, 3.8) is 0 Å². The van der Waals surface area contributed by atoms with Crippen LogP contribution in [0.25, 0.3) is 5.76 Å². The van der Waals surface area contributed by atoms with Gasteiger partial charge in [-0.1, -0.05) is 18.2 Å². The van der Waals surface area contributed by atoms with E-state index >= 15 is 0 Å². The molecule has 0 aliphatic carbocycles. The number of nitro groups is 1. The number of carbonyl (C=O) groups excluding carboxylic acids is 2. The molecule has 0 bridgehead atoms. The SMILES string of the molecule is CCN(CC)c1ccc(C2/C(=C(/O)c3ccc([N+](=O)[O-])cc3)C(=O)C(=O)N2c2cc(C)cc(C)c2)cc1. The van der Waals surface area contributed by atoms with E-state index < -0.39 is 22.7 Å². The van der Waals surface area contributed by atoms with E-state index in [-0.39, 0.29) is 22.6 Å². The second-order valence-electron chi connectivity index (χ2n) is 9.08. The highest BCUT2D eigenvalue weighted by molar-refractivity contribution is 6.51. The summed E-state index contributed by atoms with van der Waals surface area (Å²) in [6, 6.07) is 17.6. The molecule has 3 aromatic carbocycles. The minimum absolute atomic E-state index is 0.0615. The van der Waals surface area contributed by atoms with Gasteiger partial charge in [-0.2, -0.15) is 0 Å². The number of Topliss-reactive ketones (excluding diaryl/α,β-unsaturated/α-hetero) is 1. The van der Waals surface area contributed by atoms with Gasteiger partial charge in [-0.3, -0.25) is 24.6 Å². The van der Waals surface area contributed by atoms with Crippen molar-refractivity contribution in [2.24, 2.45) is 0 Å². The molecule has 1 heterocycles. The van der Waals surface area contributed by atoms with Crippen LogP contribution in [0.1, 0.15) is 42.1 Å². The molecule has 37 heavy (non-hydrogen) atoms. The molecule has 1 fully saturated rings. The van der Waals surface area contributed by atoms with Crippen LogP contribution >= 0.6 is 0 Å². The van der Waals surface area contributed by atoms with E-state index in [1.54, 1.807) is 0 Å². The van der Waals surface area contributed by atoms with E-state index in [4.69, 9.17) is 0 Å². The molecule has 8 heteroatoms. The number of hydrogen-bond donors (Lipinski definition) is 1. The lowest BCUT2D eigenvalue weighted by atomic mass is 9.94. The first-order chi connectivity index (χ1) is 17.7. The number of amides is 1. The summed E-state index contributed by atoms with van der Waals surface area (Å²) in [5.41, 5.74) is 4.11. The van der Waals surface area contributed by atoms with Crippen LogP contribution in [0.2, 0.25) is 0 Å². The number of carbonyl (C=O) groups is 2. The van der Waals surface area contributed by atoms with Crippen molar-refractivity contribution in [3.05, 3.63) is 105 Å². The first-order valence-corrected chi connectivity index (χ1v) is 12.1. The molecule has 1 aliphatic rings. The normalized spacial score (nSPS) is 16.8. The van der Waals surface area contributed by atoms with Gasteiger partial charge in [-0.05, 0) is 80.8 Å². The maximum Gasteiger partial charge on any atom is 0.300 e. The minimum atomic E-state index is -0.873. The fraction of sp³-hybridized carbons (Fsp3) is 0.241. The second-order valence-corrected chi connectivity index (χ2v) is 9.08. The fourth-order valence-electron chi connectivity index (χ4n) is 4.86. The van der Waals surface area contributed by atoms with Gasteiger partial charge in [-0.15, -0.1) is 0 Å². The molecule has 0 radical (unpaired) electrons. The van der Waals surface area contributed by atoms with Gasteiger partial charge in [0.05, 0.1) is 16.5 Å². The summed E-state index contributed by atoms with van der Waals surface area (Å²) in [7, 11) is 0. The third-order valence-electron chi connectivity index (χ3n) is 6.62. The standard InChI is InChI=1S/C29H29N3O5/c1-5-30(6-2)22-11-7-20(8-12-22)26-25(27(33)21-9-13-23(14-10-21)32(36)37)28(34)29(35)31(26)24-16-18(3)15-19(4)17-24/h7-17,26,33H,5-6H2,1-4H3/b27-25-. The number of anilines is 2. The van der Waals surface area contributed by atoms with E-state index in [9.17, 15) is 24.8 Å². The Balaban J connectivity index is 1.91. The van der Waals surface area contributed by atoms with Gasteiger partial charge in [0.25, 0.3) is 17.4 Å². The lowest BCUT2D eigenvalue weighted by Crippen LogP contribution is -2.29. The Hall–Kier alpha value is -4.46. The van der Waals surface area contributed by atoms with Gasteiger partial charge >= 0.3 is 0 Å². The van der Waals surface area contributed by atoms with Crippen LogP contribution in [0.4, 0.5) is 17.1 Å². The smallest absolute Gasteiger partial charge is 0.300 e. The number of aliphatic hydroxyl groups excluding tert-OH is 1. The molecular weight excluding hydrogens is 470 g/mol. The Morgan fingerprint density at radius 3 is 2.03 bits per heavy atom. The zero-order valence-corrected chi connectivity index (χ0v) is 21.3. The van der Waals surface area contributed by atoms with E-state index in [0.29, 0.717) is 11.3 Å². The highest BCUT2D eigenvalue weighted by Crippen LogP contribution is 2.43. The van der Waals surface area contributed by atoms with Crippen LogP contribution < -0.4 is 9.80 Å². The number of non-ortho nitro benzene ring substituents is 1. The van der Waals surface area contributed by atoms with Gasteiger partial charge in [0.15, 0.2) is 0 Å². The summed E-state index contributed by atoms with van der Waals surface area (Å²) >= 11 is 0. The molecular formula is C29H29N3O5. The van der Waals surface area contributed by atoms with Crippen LogP contribution in [-0.2, 0) is 9.59 Å². The number of nitrogens with zero attached hydrogens (tertiary/aromatic N) is 3. The number of ketones is 1. The van der Waals surface area contributed by atoms with E-state index in [0.717, 1.165) is 29.9 Å². The Labute approximate surface area is 215 Å². The number of nitro benzene ring substituents is 1. The van der Waals surface area contributed by atoms with Gasteiger partial charge in [-0.25, -0.2) is 0 Å². The third-order valence-corrected chi connectivity index (χ3v) is 6.62. The summed E-state index contributed by atoms with van der Waals surface area (Å²) < 4.78 is 0. The highest BCUT2D eigenvalue weighted by Gasteiger charge is 2.47. The highest BCUT2D eigenvalue weighted by atomic mass is 16.6. The Morgan fingerprint density at radius 1 is 0.946 bits per heavy atom. The largest absolute Gasteiger partial charge is 0.507 e. The number of aliphatic hydroxyl groups is 1. The predicted molar refractivity (Wildman–Crippen MR) is 144 cm³/mol. The molecule has 1 N–H and O–H groups in total. The molecule has 1 aliphatic heterocycles. The third kappa shape index (κ3) is 4.82. The molecule has 0 saturated carbocycles. The average Bonchev–Trinajstić information content (AvgIpc) is 3.14. The van der Waals surface area contributed by atoms with Crippen LogP contribution in [0.5, 0.6) is 0 Å². The molecule has 3 aromatic rings. The quantitative estimate of drug-likeness (QED) is 0.147. The number of hydrogen-bond acceptors (Lipinski definition) is 6. The second kappa shape index (κ2) is 10.3. The summed E-state index contributed by atoms with van der Waals surface area (Å²) in [5.74, 6) is -1.93. The number of benzene rings is 3. The van der Waals surface area contributed by atoms with Crippen LogP contribution in [-0.4, -0.2) is 34.8 Å². The zero-order valence-electron chi connectivity index (χ0n) is 21.3. The molecule has 4 rings (SSSR count). The lowest BCUT2D eigenvalue weighted by molar-refractivity contribution is -0.384.